The maximum Gasteiger partial charge on any atom is 0.154 e. The van der Waals surface area contributed by atoms with Gasteiger partial charge in [-0.2, -0.15) is 0 Å². The first kappa shape index (κ1) is 20.7. The number of hydrogen-bond acceptors (Lipinski definition) is 4. The molecular formula is C26H31NO3. The van der Waals surface area contributed by atoms with Gasteiger partial charge in [-0.1, -0.05) is 49.4 Å². The summed E-state index contributed by atoms with van der Waals surface area (Å²) in [4.78, 5) is 2.44. The van der Waals surface area contributed by atoms with Crippen LogP contribution in [0.4, 0.5) is 0 Å². The molecule has 2 aromatic carbocycles. The van der Waals surface area contributed by atoms with Crippen LogP contribution in [0.2, 0.25) is 0 Å². The number of rotatable bonds is 9. The second-order valence-electron chi connectivity index (χ2n) is 8.04. The van der Waals surface area contributed by atoms with E-state index in [1.165, 1.54) is 25.9 Å². The van der Waals surface area contributed by atoms with Crippen LogP contribution in [0.25, 0.3) is 0 Å². The number of ether oxygens (including phenoxy) is 1. The third kappa shape index (κ3) is 4.30. The van der Waals surface area contributed by atoms with E-state index in [1.807, 2.05) is 54.6 Å². The topological polar surface area (TPSA) is 45.8 Å². The summed E-state index contributed by atoms with van der Waals surface area (Å²) in [6.45, 7) is 6.10. The van der Waals surface area contributed by atoms with Crippen molar-refractivity contribution in [2.45, 2.75) is 37.7 Å². The summed E-state index contributed by atoms with van der Waals surface area (Å²) >= 11 is 0. The van der Waals surface area contributed by atoms with Crippen molar-refractivity contribution in [2.75, 3.05) is 26.2 Å². The third-order valence-corrected chi connectivity index (χ3v) is 6.18. The average Bonchev–Trinajstić information content (AvgIpc) is 3.50. The van der Waals surface area contributed by atoms with Gasteiger partial charge in [0, 0.05) is 12.5 Å². The largest absolute Gasteiger partial charge is 0.492 e. The van der Waals surface area contributed by atoms with Crippen molar-refractivity contribution < 1.29 is 14.3 Å². The molecule has 0 unspecified atom stereocenters. The minimum absolute atomic E-state index is 0.133. The van der Waals surface area contributed by atoms with E-state index in [9.17, 15) is 5.11 Å². The molecule has 4 rings (SSSR count). The Kier molecular flexibility index (Phi) is 6.56. The van der Waals surface area contributed by atoms with Gasteiger partial charge in [-0.3, -0.25) is 4.90 Å². The molecule has 0 saturated carbocycles. The molecule has 158 valence electrons. The summed E-state index contributed by atoms with van der Waals surface area (Å²) in [6.07, 6.45) is 4.98. The van der Waals surface area contributed by atoms with Crippen molar-refractivity contribution in [1.29, 1.82) is 0 Å². The Bertz CT molecular complexity index is 886. The highest BCUT2D eigenvalue weighted by Gasteiger charge is 2.42. The van der Waals surface area contributed by atoms with E-state index >= 15 is 0 Å². The lowest BCUT2D eigenvalue weighted by Gasteiger charge is -2.35. The van der Waals surface area contributed by atoms with Gasteiger partial charge in [-0.05, 0) is 67.7 Å². The van der Waals surface area contributed by atoms with Gasteiger partial charge in [-0.25, -0.2) is 0 Å². The molecule has 30 heavy (non-hydrogen) atoms. The number of hydrogen-bond donors (Lipinski definition) is 1. The highest BCUT2D eigenvalue weighted by molar-refractivity contribution is 5.40. The number of aliphatic hydroxyl groups is 1. The normalized spacial score (nSPS) is 17.5. The highest BCUT2D eigenvalue weighted by atomic mass is 16.5. The van der Waals surface area contributed by atoms with Crippen molar-refractivity contribution in [2.24, 2.45) is 0 Å². The first-order valence-electron chi connectivity index (χ1n) is 11.0. The molecule has 1 fully saturated rings. The van der Waals surface area contributed by atoms with E-state index in [4.69, 9.17) is 9.15 Å². The summed E-state index contributed by atoms with van der Waals surface area (Å²) in [6, 6.07) is 21.6. The SMILES string of the molecule is CC[C@@H](c1ccccc1)[C@@](O)(c1ccc(OCCN2CCCC2)cc1)c1ccco1. The van der Waals surface area contributed by atoms with Gasteiger partial charge in [0.15, 0.2) is 5.60 Å². The van der Waals surface area contributed by atoms with Crippen LogP contribution in [-0.2, 0) is 5.60 Å². The minimum Gasteiger partial charge on any atom is -0.492 e. The van der Waals surface area contributed by atoms with E-state index in [1.54, 1.807) is 6.26 Å². The van der Waals surface area contributed by atoms with Crippen LogP contribution in [0.3, 0.4) is 0 Å². The molecule has 1 aliphatic rings. The van der Waals surface area contributed by atoms with E-state index in [-0.39, 0.29) is 5.92 Å². The first-order chi connectivity index (χ1) is 14.7. The molecule has 4 nitrogen and oxygen atoms in total. The fraction of sp³-hybridized carbons (Fsp3) is 0.385. The lowest BCUT2D eigenvalue weighted by molar-refractivity contribution is 0.0259. The molecule has 4 heteroatoms. The summed E-state index contributed by atoms with van der Waals surface area (Å²) < 4.78 is 11.7. The Balaban J connectivity index is 1.56. The minimum atomic E-state index is -1.26. The van der Waals surface area contributed by atoms with E-state index < -0.39 is 5.60 Å². The van der Waals surface area contributed by atoms with Crippen LogP contribution < -0.4 is 4.74 Å². The second kappa shape index (κ2) is 9.50. The van der Waals surface area contributed by atoms with Crippen LogP contribution in [0.5, 0.6) is 5.75 Å². The number of nitrogens with zero attached hydrogens (tertiary/aromatic N) is 1. The van der Waals surface area contributed by atoms with Gasteiger partial charge in [-0.15, -0.1) is 0 Å². The molecule has 1 saturated heterocycles. The lowest BCUT2D eigenvalue weighted by Crippen LogP contribution is -2.34. The molecule has 1 N–H and O–H groups in total. The molecular weight excluding hydrogens is 374 g/mol. The van der Waals surface area contributed by atoms with Crippen LogP contribution >= 0.6 is 0 Å². The monoisotopic (exact) mass is 405 g/mol. The maximum absolute atomic E-state index is 12.0. The maximum atomic E-state index is 12.0. The molecule has 0 bridgehead atoms. The van der Waals surface area contributed by atoms with Crippen LogP contribution in [0.1, 0.15) is 49.0 Å². The lowest BCUT2D eigenvalue weighted by atomic mass is 9.74. The summed E-state index contributed by atoms with van der Waals surface area (Å²) in [5.41, 5.74) is 0.637. The predicted molar refractivity (Wildman–Crippen MR) is 119 cm³/mol. The number of benzene rings is 2. The first-order valence-corrected chi connectivity index (χ1v) is 11.0. The molecule has 0 amide bonds. The van der Waals surface area contributed by atoms with Crippen molar-refractivity contribution in [1.82, 2.24) is 4.90 Å². The van der Waals surface area contributed by atoms with Crippen LogP contribution in [0, 0.1) is 0 Å². The fourth-order valence-electron chi connectivity index (χ4n) is 4.57. The fourth-order valence-corrected chi connectivity index (χ4v) is 4.57. The third-order valence-electron chi connectivity index (χ3n) is 6.18. The van der Waals surface area contributed by atoms with E-state index in [0.29, 0.717) is 12.4 Å². The quantitative estimate of drug-likeness (QED) is 0.533. The molecule has 0 aliphatic carbocycles. The molecule has 3 aromatic rings. The van der Waals surface area contributed by atoms with Gasteiger partial charge in [0.25, 0.3) is 0 Å². The molecule has 0 radical (unpaired) electrons. The highest BCUT2D eigenvalue weighted by Crippen LogP contribution is 2.44. The summed E-state index contributed by atoms with van der Waals surface area (Å²) in [5, 5.41) is 12.0. The van der Waals surface area contributed by atoms with Crippen molar-refractivity contribution in [3.8, 4) is 5.75 Å². The van der Waals surface area contributed by atoms with Crippen molar-refractivity contribution in [3.63, 3.8) is 0 Å². The number of furan rings is 1. The van der Waals surface area contributed by atoms with Crippen LogP contribution in [0.15, 0.2) is 77.4 Å². The van der Waals surface area contributed by atoms with Gasteiger partial charge < -0.3 is 14.3 Å². The zero-order chi connectivity index (χ0) is 20.8. The molecule has 0 spiro atoms. The number of likely N-dealkylation sites (tertiary alicyclic amines) is 1. The van der Waals surface area contributed by atoms with Gasteiger partial charge >= 0.3 is 0 Å². The molecule has 1 aliphatic heterocycles. The second-order valence-corrected chi connectivity index (χ2v) is 8.04. The zero-order valence-electron chi connectivity index (χ0n) is 17.7. The molecule has 2 atom stereocenters. The molecule has 2 heterocycles. The van der Waals surface area contributed by atoms with E-state index in [2.05, 4.69) is 24.0 Å². The van der Waals surface area contributed by atoms with Gasteiger partial charge in [0.1, 0.15) is 18.1 Å². The summed E-state index contributed by atoms with van der Waals surface area (Å²) in [5.74, 6) is 1.25. The standard InChI is InChI=1S/C26H31NO3/c1-2-24(21-9-4-3-5-10-21)26(28,25-11-8-19-30-25)22-12-14-23(15-13-22)29-20-18-27-16-6-7-17-27/h3-5,8-15,19,24,28H,2,6-7,16-18,20H2,1H3/t24-,26-/m0/s1. The van der Waals surface area contributed by atoms with E-state index in [0.717, 1.165) is 29.8 Å². The Labute approximate surface area is 179 Å². The Morgan fingerprint density at radius 1 is 1.00 bits per heavy atom. The van der Waals surface area contributed by atoms with Crippen LogP contribution in [-0.4, -0.2) is 36.2 Å². The zero-order valence-corrected chi connectivity index (χ0v) is 17.7. The average molecular weight is 406 g/mol. The smallest absolute Gasteiger partial charge is 0.154 e. The predicted octanol–water partition coefficient (Wildman–Crippen LogP) is 5.18. The van der Waals surface area contributed by atoms with Gasteiger partial charge in [0.2, 0.25) is 0 Å². The van der Waals surface area contributed by atoms with Crippen molar-refractivity contribution in [3.05, 3.63) is 89.9 Å². The Morgan fingerprint density at radius 3 is 2.37 bits per heavy atom. The van der Waals surface area contributed by atoms with Gasteiger partial charge in [0.05, 0.1) is 6.26 Å². The Hall–Kier alpha value is -2.56. The molecule has 1 aromatic heterocycles. The summed E-state index contributed by atoms with van der Waals surface area (Å²) in [7, 11) is 0. The Morgan fingerprint density at radius 2 is 1.73 bits per heavy atom. The van der Waals surface area contributed by atoms with Crippen molar-refractivity contribution >= 4 is 0 Å².